The number of fused-ring (bicyclic) bond motifs is 1. The van der Waals surface area contributed by atoms with E-state index in [1.807, 2.05) is 0 Å². The number of anilines is 3. The molecule has 0 radical (unpaired) electrons. The highest BCUT2D eigenvalue weighted by Crippen LogP contribution is 2.33. The molecule has 0 aliphatic heterocycles. The van der Waals surface area contributed by atoms with E-state index in [4.69, 9.17) is 32.5 Å². The molecule has 0 aliphatic carbocycles. The Balaban J connectivity index is 1.68. The number of rotatable bonds is 5. The summed E-state index contributed by atoms with van der Waals surface area (Å²) in [6.07, 6.45) is 3.09. The number of nitrogens with zero attached hydrogens (tertiary/aromatic N) is 7. The van der Waals surface area contributed by atoms with Gasteiger partial charge in [0.25, 0.3) is 11.4 Å². The smallest absolute Gasteiger partial charge is 0.267 e. The lowest BCUT2D eigenvalue weighted by molar-refractivity contribution is 0.532. The van der Waals surface area contributed by atoms with Gasteiger partial charge in [-0.15, -0.1) is 10.2 Å². The minimum Gasteiger partial charge on any atom is -0.421 e. The van der Waals surface area contributed by atoms with Crippen LogP contribution in [0.15, 0.2) is 39.8 Å². The van der Waals surface area contributed by atoms with Crippen molar-refractivity contribution in [3.8, 4) is 17.1 Å². The number of halogens is 1. The molecule has 34 heavy (non-hydrogen) atoms. The first-order valence-corrected chi connectivity index (χ1v) is 10.4. The maximum absolute atomic E-state index is 13.5. The zero-order valence-electron chi connectivity index (χ0n) is 17.9. The Morgan fingerprint density at radius 3 is 2.74 bits per heavy atom. The van der Waals surface area contributed by atoms with E-state index in [1.54, 1.807) is 38.2 Å². The van der Waals surface area contributed by atoms with Crippen LogP contribution in [0.5, 0.6) is 0 Å². The standard InChI is InChI=1S/C20H18ClN11O2/c1-8(26-16-14(15(22)28-20(23)29-16)18-31-30-9(2)34-18)17-27-12-5-3-4-11(21)13(12)19(33)32(17)10-6-24-25-7-10/h3-8H,1-2H3,(H,24,25)(H5,22,23,26,28,29). The fourth-order valence-electron chi connectivity index (χ4n) is 3.59. The minimum absolute atomic E-state index is 0.0522. The number of aryl methyl sites for hydroxylation is 1. The second kappa shape index (κ2) is 8.12. The van der Waals surface area contributed by atoms with Crippen LogP contribution in [0.25, 0.3) is 28.0 Å². The van der Waals surface area contributed by atoms with Crippen molar-refractivity contribution >= 4 is 40.1 Å². The minimum atomic E-state index is -0.581. The van der Waals surface area contributed by atoms with Crippen LogP contribution in [0.3, 0.4) is 0 Å². The molecule has 1 unspecified atom stereocenters. The summed E-state index contributed by atoms with van der Waals surface area (Å²) in [5.41, 5.74) is 12.8. The lowest BCUT2D eigenvalue weighted by Crippen LogP contribution is -2.27. The third kappa shape index (κ3) is 3.57. The van der Waals surface area contributed by atoms with Crippen molar-refractivity contribution < 1.29 is 4.42 Å². The number of H-pyrrole nitrogens is 1. The van der Waals surface area contributed by atoms with Gasteiger partial charge < -0.3 is 21.2 Å². The Morgan fingerprint density at radius 1 is 1.21 bits per heavy atom. The van der Waals surface area contributed by atoms with Crippen molar-refractivity contribution in [2.24, 2.45) is 0 Å². The Hall–Kier alpha value is -4.52. The third-order valence-electron chi connectivity index (χ3n) is 5.05. The number of nitrogen functional groups attached to an aromatic ring is 2. The summed E-state index contributed by atoms with van der Waals surface area (Å²) < 4.78 is 6.95. The normalized spacial score (nSPS) is 12.2. The Kier molecular flexibility index (Phi) is 5.09. The fourth-order valence-corrected chi connectivity index (χ4v) is 3.84. The molecule has 1 aromatic carbocycles. The van der Waals surface area contributed by atoms with E-state index in [1.165, 1.54) is 10.8 Å². The van der Waals surface area contributed by atoms with Gasteiger partial charge in [-0.1, -0.05) is 17.7 Å². The molecular formula is C20H18ClN11O2. The summed E-state index contributed by atoms with van der Waals surface area (Å²) in [6, 6.07) is 4.50. The average molecular weight is 480 g/mol. The number of aromatic nitrogens is 8. The summed E-state index contributed by atoms with van der Waals surface area (Å²) in [6.45, 7) is 3.44. The van der Waals surface area contributed by atoms with Crippen LogP contribution in [0, 0.1) is 6.92 Å². The monoisotopic (exact) mass is 479 g/mol. The molecule has 0 spiro atoms. The van der Waals surface area contributed by atoms with Gasteiger partial charge in [-0.2, -0.15) is 15.1 Å². The molecule has 6 N–H and O–H groups in total. The largest absolute Gasteiger partial charge is 0.421 e. The first kappa shape index (κ1) is 21.3. The Labute approximate surface area is 196 Å². The van der Waals surface area contributed by atoms with Crippen LogP contribution in [0.2, 0.25) is 5.02 Å². The van der Waals surface area contributed by atoms with Gasteiger partial charge in [0.1, 0.15) is 23.0 Å². The van der Waals surface area contributed by atoms with Gasteiger partial charge in [0.15, 0.2) is 0 Å². The first-order chi connectivity index (χ1) is 16.3. The quantitative estimate of drug-likeness (QED) is 0.288. The van der Waals surface area contributed by atoms with Gasteiger partial charge in [0, 0.05) is 13.1 Å². The summed E-state index contributed by atoms with van der Waals surface area (Å²) in [7, 11) is 0. The van der Waals surface area contributed by atoms with Crippen molar-refractivity contribution in [2.75, 3.05) is 16.8 Å². The lowest BCUT2D eigenvalue weighted by atomic mass is 10.2. The van der Waals surface area contributed by atoms with E-state index in [-0.39, 0.29) is 34.6 Å². The van der Waals surface area contributed by atoms with Crippen LogP contribution in [0.4, 0.5) is 17.6 Å². The number of nitrogens with two attached hydrogens (primary N) is 2. The molecule has 172 valence electrons. The number of benzene rings is 1. The van der Waals surface area contributed by atoms with Gasteiger partial charge in [0.2, 0.25) is 11.8 Å². The molecule has 5 rings (SSSR count). The molecule has 0 fully saturated rings. The fraction of sp³-hybridized carbons (Fsp3) is 0.150. The summed E-state index contributed by atoms with van der Waals surface area (Å²) in [5.74, 6) is 1.06. The van der Waals surface area contributed by atoms with Crippen LogP contribution < -0.4 is 22.3 Å². The molecule has 0 bridgehead atoms. The van der Waals surface area contributed by atoms with E-state index >= 15 is 0 Å². The maximum atomic E-state index is 13.5. The number of hydrogen-bond acceptors (Lipinski definition) is 11. The van der Waals surface area contributed by atoms with Gasteiger partial charge in [-0.25, -0.2) is 4.98 Å². The number of hydrogen-bond donors (Lipinski definition) is 4. The van der Waals surface area contributed by atoms with E-state index in [0.29, 0.717) is 33.3 Å². The number of aromatic amines is 1. The molecule has 1 atom stereocenters. The van der Waals surface area contributed by atoms with Crippen molar-refractivity contribution in [3.63, 3.8) is 0 Å². The lowest BCUT2D eigenvalue weighted by Gasteiger charge is -2.20. The molecule has 0 aliphatic rings. The molecule has 4 heterocycles. The van der Waals surface area contributed by atoms with Crippen molar-refractivity contribution in [3.05, 3.63) is 57.7 Å². The van der Waals surface area contributed by atoms with Crippen LogP contribution in [-0.2, 0) is 0 Å². The molecule has 0 saturated heterocycles. The van der Waals surface area contributed by atoms with Crippen LogP contribution >= 0.6 is 11.6 Å². The van der Waals surface area contributed by atoms with Crippen molar-refractivity contribution in [1.29, 1.82) is 0 Å². The average Bonchev–Trinajstić information content (AvgIpc) is 3.45. The molecule has 5 aromatic rings. The molecule has 13 nitrogen and oxygen atoms in total. The van der Waals surface area contributed by atoms with E-state index in [2.05, 4.69) is 35.7 Å². The molecule has 4 aromatic heterocycles. The second-order valence-corrected chi connectivity index (χ2v) is 7.79. The highest BCUT2D eigenvalue weighted by molar-refractivity contribution is 6.35. The first-order valence-electron chi connectivity index (χ1n) is 10.0. The number of nitrogens with one attached hydrogen (secondary N) is 2. The van der Waals surface area contributed by atoms with Gasteiger partial charge >= 0.3 is 0 Å². The van der Waals surface area contributed by atoms with Gasteiger partial charge in [-0.05, 0) is 19.1 Å². The zero-order valence-corrected chi connectivity index (χ0v) is 18.7. The van der Waals surface area contributed by atoms with E-state index in [9.17, 15) is 4.79 Å². The highest BCUT2D eigenvalue weighted by atomic mass is 35.5. The SMILES string of the molecule is Cc1nnc(-c2c(N)nc(N)nc2NC(C)c2nc3cccc(Cl)c3c(=O)n2-c2cn[nH]c2)o1. The Morgan fingerprint density at radius 2 is 2.03 bits per heavy atom. The highest BCUT2D eigenvalue weighted by Gasteiger charge is 2.24. The summed E-state index contributed by atoms with van der Waals surface area (Å²) >= 11 is 6.32. The van der Waals surface area contributed by atoms with E-state index < -0.39 is 6.04 Å². The van der Waals surface area contributed by atoms with Crippen molar-refractivity contribution in [1.82, 2.24) is 39.9 Å². The molecule has 0 amide bonds. The Bertz CT molecular complexity index is 1580. The zero-order chi connectivity index (χ0) is 24.0. The van der Waals surface area contributed by atoms with Crippen molar-refractivity contribution in [2.45, 2.75) is 19.9 Å². The predicted octanol–water partition coefficient (Wildman–Crippen LogP) is 2.25. The van der Waals surface area contributed by atoms with E-state index in [0.717, 1.165) is 0 Å². The molecule has 14 heteroatoms. The van der Waals surface area contributed by atoms with Gasteiger partial charge in [-0.3, -0.25) is 14.5 Å². The van der Waals surface area contributed by atoms with Crippen LogP contribution in [-0.4, -0.2) is 39.9 Å². The maximum Gasteiger partial charge on any atom is 0.267 e. The van der Waals surface area contributed by atoms with Gasteiger partial charge in [0.05, 0.1) is 33.9 Å². The van der Waals surface area contributed by atoms with Crippen LogP contribution in [0.1, 0.15) is 24.7 Å². The topological polar surface area (TPSA) is 192 Å². The summed E-state index contributed by atoms with van der Waals surface area (Å²) in [5, 5.41) is 18.3. The third-order valence-corrected chi connectivity index (χ3v) is 5.36. The molecule has 0 saturated carbocycles. The molecular weight excluding hydrogens is 462 g/mol. The second-order valence-electron chi connectivity index (χ2n) is 7.38. The summed E-state index contributed by atoms with van der Waals surface area (Å²) in [4.78, 5) is 26.5. The predicted molar refractivity (Wildman–Crippen MR) is 125 cm³/mol.